The molecule has 90 valence electrons. The molecule has 1 aromatic carbocycles. The van der Waals surface area contributed by atoms with Crippen LogP contribution in [-0.2, 0) is 6.42 Å². The highest BCUT2D eigenvalue weighted by Gasteiger charge is 2.07. The Kier molecular flexibility index (Phi) is 4.08. The minimum absolute atomic E-state index is 0.00308. The average molecular weight is 271 g/mol. The molecule has 0 aliphatic heterocycles. The van der Waals surface area contributed by atoms with Crippen LogP contribution in [0.15, 0.2) is 33.7 Å². The van der Waals surface area contributed by atoms with Gasteiger partial charge in [-0.2, -0.15) is 0 Å². The zero-order chi connectivity index (χ0) is 12.3. The van der Waals surface area contributed by atoms with Gasteiger partial charge in [0, 0.05) is 16.5 Å². The first-order valence-corrected chi connectivity index (χ1v) is 6.39. The Morgan fingerprint density at radius 1 is 1.24 bits per heavy atom. The van der Waals surface area contributed by atoms with E-state index in [1.165, 1.54) is 6.26 Å². The first kappa shape index (κ1) is 12.5. The second-order valence-corrected chi connectivity index (χ2v) is 4.69. The van der Waals surface area contributed by atoms with Crippen LogP contribution in [0.3, 0.4) is 0 Å². The number of hydrogen-bond acceptors (Lipinski definition) is 2. The lowest BCUT2D eigenvalue weighted by Crippen LogP contribution is -2.08. The van der Waals surface area contributed by atoms with Crippen LogP contribution in [0, 0.1) is 0 Å². The fourth-order valence-corrected chi connectivity index (χ4v) is 2.09. The van der Waals surface area contributed by atoms with Crippen LogP contribution in [0.5, 0.6) is 0 Å². The summed E-state index contributed by atoms with van der Waals surface area (Å²) in [6, 6.07) is 5.06. The van der Waals surface area contributed by atoms with E-state index in [0.29, 0.717) is 33.9 Å². The second-order valence-electron chi connectivity index (χ2n) is 3.88. The topological polar surface area (TPSA) is 30.2 Å². The van der Waals surface area contributed by atoms with Crippen LogP contribution < -0.4 is 5.43 Å². The summed E-state index contributed by atoms with van der Waals surface area (Å²) >= 11 is 11.5. The van der Waals surface area contributed by atoms with Crippen LogP contribution >= 0.6 is 23.2 Å². The van der Waals surface area contributed by atoms with Gasteiger partial charge in [0.25, 0.3) is 0 Å². The monoisotopic (exact) mass is 270 g/mol. The van der Waals surface area contributed by atoms with E-state index in [1.807, 2.05) is 0 Å². The Morgan fingerprint density at radius 2 is 2.06 bits per heavy atom. The Labute approximate surface area is 109 Å². The third-order valence-electron chi connectivity index (χ3n) is 2.64. The maximum atomic E-state index is 12.1. The Bertz CT molecular complexity index is 575. The summed E-state index contributed by atoms with van der Waals surface area (Å²) in [7, 11) is 0. The molecule has 2 aromatic rings. The van der Waals surface area contributed by atoms with E-state index in [2.05, 4.69) is 0 Å². The third kappa shape index (κ3) is 2.82. The number of benzene rings is 1. The fraction of sp³-hybridized carbons (Fsp3) is 0.308. The van der Waals surface area contributed by atoms with Gasteiger partial charge in [-0.3, -0.25) is 4.79 Å². The van der Waals surface area contributed by atoms with Crippen molar-refractivity contribution in [2.45, 2.75) is 19.3 Å². The fourth-order valence-electron chi connectivity index (χ4n) is 1.73. The minimum Gasteiger partial charge on any atom is -0.464 e. The van der Waals surface area contributed by atoms with Gasteiger partial charge in [-0.1, -0.05) is 11.6 Å². The van der Waals surface area contributed by atoms with E-state index in [9.17, 15) is 4.79 Å². The van der Waals surface area contributed by atoms with Crippen molar-refractivity contribution in [1.82, 2.24) is 0 Å². The smallest absolute Gasteiger partial charge is 0.195 e. The molecule has 17 heavy (non-hydrogen) atoms. The second kappa shape index (κ2) is 5.56. The number of aryl methyl sites for hydroxylation is 1. The summed E-state index contributed by atoms with van der Waals surface area (Å²) in [5.74, 6) is 0.616. The number of alkyl halides is 1. The van der Waals surface area contributed by atoms with Gasteiger partial charge in [0.2, 0.25) is 0 Å². The van der Waals surface area contributed by atoms with Gasteiger partial charge < -0.3 is 4.42 Å². The van der Waals surface area contributed by atoms with Gasteiger partial charge in [-0.15, -0.1) is 11.6 Å². The molecule has 0 amide bonds. The molecule has 0 saturated heterocycles. The lowest BCUT2D eigenvalue weighted by molar-refractivity contribution is 0.589. The molecule has 0 aliphatic carbocycles. The van der Waals surface area contributed by atoms with Gasteiger partial charge in [0.15, 0.2) is 5.43 Å². The molecule has 0 N–H and O–H groups in total. The van der Waals surface area contributed by atoms with Crippen molar-refractivity contribution in [2.75, 3.05) is 5.88 Å². The van der Waals surface area contributed by atoms with Crippen molar-refractivity contribution in [3.8, 4) is 0 Å². The molecule has 2 rings (SSSR count). The van der Waals surface area contributed by atoms with Crippen molar-refractivity contribution in [3.05, 3.63) is 45.3 Å². The van der Waals surface area contributed by atoms with E-state index >= 15 is 0 Å². The van der Waals surface area contributed by atoms with Crippen LogP contribution in [0.1, 0.15) is 18.4 Å². The minimum atomic E-state index is 0.00308. The van der Waals surface area contributed by atoms with Gasteiger partial charge in [0.1, 0.15) is 5.58 Å². The van der Waals surface area contributed by atoms with Gasteiger partial charge in [-0.25, -0.2) is 0 Å². The number of hydrogen-bond donors (Lipinski definition) is 0. The Balaban J connectivity index is 2.39. The molecular formula is C13H12Cl2O2. The molecule has 0 fully saturated rings. The molecule has 1 aromatic heterocycles. The maximum absolute atomic E-state index is 12.1. The van der Waals surface area contributed by atoms with Gasteiger partial charge >= 0.3 is 0 Å². The highest BCUT2D eigenvalue weighted by molar-refractivity contribution is 6.31. The molecule has 2 nitrogen and oxygen atoms in total. The molecule has 0 atom stereocenters. The summed E-state index contributed by atoms with van der Waals surface area (Å²) in [6.45, 7) is 0. The SMILES string of the molecule is O=c1c(CCCCCl)coc2ccc(Cl)cc12. The summed E-state index contributed by atoms with van der Waals surface area (Å²) in [4.78, 5) is 12.1. The molecule has 0 radical (unpaired) electrons. The number of fused-ring (bicyclic) bond motifs is 1. The maximum Gasteiger partial charge on any atom is 0.195 e. The van der Waals surface area contributed by atoms with Crippen molar-refractivity contribution >= 4 is 34.2 Å². The standard InChI is InChI=1S/C13H12Cl2O2/c14-6-2-1-3-9-8-17-12-5-4-10(15)7-11(12)13(9)16/h4-5,7-8H,1-3,6H2. The van der Waals surface area contributed by atoms with E-state index in [0.717, 1.165) is 12.8 Å². The molecule has 0 aliphatic rings. The number of halogens is 2. The predicted octanol–water partition coefficient (Wildman–Crippen LogP) is 4.01. The first-order valence-electron chi connectivity index (χ1n) is 5.48. The van der Waals surface area contributed by atoms with E-state index < -0.39 is 0 Å². The molecule has 0 saturated carbocycles. The van der Waals surface area contributed by atoms with Crippen molar-refractivity contribution in [2.24, 2.45) is 0 Å². The number of unbranched alkanes of at least 4 members (excludes halogenated alkanes) is 1. The van der Waals surface area contributed by atoms with Crippen LogP contribution in [0.4, 0.5) is 0 Å². The average Bonchev–Trinajstić information content (AvgIpc) is 2.33. The molecule has 1 heterocycles. The van der Waals surface area contributed by atoms with Gasteiger partial charge in [-0.05, 0) is 37.5 Å². The van der Waals surface area contributed by atoms with Crippen LogP contribution in [0.25, 0.3) is 11.0 Å². The van der Waals surface area contributed by atoms with Crippen LogP contribution in [-0.4, -0.2) is 5.88 Å². The summed E-state index contributed by atoms with van der Waals surface area (Å²) in [6.07, 6.45) is 4.01. The summed E-state index contributed by atoms with van der Waals surface area (Å²) in [5.41, 5.74) is 1.26. The van der Waals surface area contributed by atoms with Crippen molar-refractivity contribution in [3.63, 3.8) is 0 Å². The van der Waals surface area contributed by atoms with E-state index in [-0.39, 0.29) is 5.43 Å². The summed E-state index contributed by atoms with van der Waals surface area (Å²) < 4.78 is 5.42. The van der Waals surface area contributed by atoms with Gasteiger partial charge in [0.05, 0.1) is 11.6 Å². The molecule has 0 spiro atoms. The quantitative estimate of drug-likeness (QED) is 0.621. The van der Waals surface area contributed by atoms with Crippen molar-refractivity contribution in [1.29, 1.82) is 0 Å². The van der Waals surface area contributed by atoms with E-state index in [1.54, 1.807) is 18.2 Å². The molecule has 0 unspecified atom stereocenters. The lowest BCUT2D eigenvalue weighted by atomic mass is 10.1. The lowest BCUT2D eigenvalue weighted by Gasteiger charge is -2.02. The van der Waals surface area contributed by atoms with E-state index in [4.69, 9.17) is 27.6 Å². The Morgan fingerprint density at radius 3 is 2.82 bits per heavy atom. The first-order chi connectivity index (χ1) is 8.22. The summed E-state index contributed by atoms with van der Waals surface area (Å²) in [5, 5.41) is 1.09. The Hall–Kier alpha value is -0.990. The largest absolute Gasteiger partial charge is 0.464 e. The third-order valence-corrected chi connectivity index (χ3v) is 3.14. The normalized spacial score (nSPS) is 10.9. The number of rotatable bonds is 4. The zero-order valence-electron chi connectivity index (χ0n) is 9.21. The highest BCUT2D eigenvalue weighted by Crippen LogP contribution is 2.17. The zero-order valence-corrected chi connectivity index (χ0v) is 10.7. The van der Waals surface area contributed by atoms with Crippen molar-refractivity contribution < 1.29 is 4.42 Å². The molecule has 4 heteroatoms. The molecule has 0 bridgehead atoms. The van der Waals surface area contributed by atoms with Crippen LogP contribution in [0.2, 0.25) is 5.02 Å². The highest BCUT2D eigenvalue weighted by atomic mass is 35.5. The molecular weight excluding hydrogens is 259 g/mol. The predicted molar refractivity (Wildman–Crippen MR) is 71.2 cm³/mol.